The van der Waals surface area contributed by atoms with Gasteiger partial charge in [0.25, 0.3) is 0 Å². The maximum atomic E-state index is 6.44. The molecule has 6 rings (SSSR count). The van der Waals surface area contributed by atoms with Crippen LogP contribution < -0.4 is 10.4 Å². The van der Waals surface area contributed by atoms with Gasteiger partial charge in [-0.2, -0.15) is 0 Å². The lowest BCUT2D eigenvalue weighted by Crippen LogP contribution is -2.42. The summed E-state index contributed by atoms with van der Waals surface area (Å²) in [6, 6.07) is 6.79. The van der Waals surface area contributed by atoms with Gasteiger partial charge in [0.1, 0.15) is 0 Å². The Labute approximate surface area is 173 Å². The van der Waals surface area contributed by atoms with E-state index in [0.29, 0.717) is 11.8 Å². The Morgan fingerprint density at radius 1 is 0.966 bits per heavy atom. The third-order valence-corrected chi connectivity index (χ3v) is 7.81. The van der Waals surface area contributed by atoms with Crippen LogP contribution in [-0.4, -0.2) is 18.3 Å². The zero-order chi connectivity index (χ0) is 20.0. The zero-order valence-electron chi connectivity index (χ0n) is 17.7. The smallest absolute Gasteiger partial charge is 0.400 e. The molecule has 2 atom stereocenters. The van der Waals surface area contributed by atoms with E-state index in [-0.39, 0.29) is 18.3 Å². The van der Waals surface area contributed by atoms with E-state index in [4.69, 9.17) is 9.31 Å². The van der Waals surface area contributed by atoms with Crippen LogP contribution in [0, 0.1) is 11.8 Å². The van der Waals surface area contributed by atoms with Gasteiger partial charge in [0, 0.05) is 11.8 Å². The van der Waals surface area contributed by atoms with Gasteiger partial charge in [0.2, 0.25) is 0 Å². The Bertz CT molecular complexity index is 1160. The van der Waals surface area contributed by atoms with Crippen LogP contribution in [0.5, 0.6) is 0 Å². The number of allylic oxidation sites excluding steroid dienone is 8. The first kappa shape index (κ1) is 17.7. The van der Waals surface area contributed by atoms with Crippen molar-refractivity contribution in [2.75, 3.05) is 0 Å². The van der Waals surface area contributed by atoms with Gasteiger partial charge in [-0.05, 0) is 78.7 Å². The van der Waals surface area contributed by atoms with Crippen molar-refractivity contribution < 1.29 is 9.31 Å². The molecule has 0 N–H and O–H groups in total. The standard InChI is InChI=1S/C26H27BO2/c1-25(2)26(3,4)29-27(28-25)22-15-14-20-18-11-6-9-16-8-5-10-17(23(16)18)19-12-7-13-21(22)24(19)20/h5,7-10,12-15,21,24H,6,11H2,1-4H3. The lowest BCUT2D eigenvalue weighted by Gasteiger charge is -2.41. The molecule has 0 saturated carbocycles. The average molecular weight is 382 g/mol. The Kier molecular flexibility index (Phi) is 3.51. The summed E-state index contributed by atoms with van der Waals surface area (Å²) in [6.45, 7) is 8.53. The van der Waals surface area contributed by atoms with Crippen LogP contribution >= 0.6 is 0 Å². The molecule has 0 aromatic heterocycles. The van der Waals surface area contributed by atoms with Gasteiger partial charge in [-0.25, -0.2) is 0 Å². The van der Waals surface area contributed by atoms with Gasteiger partial charge in [0.05, 0.1) is 11.2 Å². The summed E-state index contributed by atoms with van der Waals surface area (Å²) in [5, 5.41) is 2.87. The van der Waals surface area contributed by atoms with Crippen LogP contribution in [0.1, 0.15) is 46.1 Å². The summed E-state index contributed by atoms with van der Waals surface area (Å²) in [5.41, 5.74) is 6.52. The van der Waals surface area contributed by atoms with E-state index in [0.717, 1.165) is 12.8 Å². The zero-order valence-corrected chi connectivity index (χ0v) is 17.7. The normalized spacial score (nSPS) is 30.0. The van der Waals surface area contributed by atoms with Crippen molar-refractivity contribution in [3.05, 3.63) is 75.6 Å². The molecule has 0 radical (unpaired) electrons. The van der Waals surface area contributed by atoms with Crippen molar-refractivity contribution in [2.45, 2.75) is 51.7 Å². The maximum absolute atomic E-state index is 6.44. The number of fused-ring (bicyclic) bond motifs is 2. The SMILES string of the molecule is CC1(C)OB(C2=CC=C3C4=c5c(cccc5=CCC4)C4=CC=CC2C34)OC1(C)C. The molecule has 0 amide bonds. The molecule has 146 valence electrons. The second-order valence-corrected chi connectivity index (χ2v) is 9.88. The minimum absolute atomic E-state index is 0.288. The molecular formula is C26H27BO2. The Morgan fingerprint density at radius 2 is 1.76 bits per heavy atom. The fraction of sp³-hybridized carbons (Fsp3) is 0.385. The fourth-order valence-electron chi connectivity index (χ4n) is 5.62. The third kappa shape index (κ3) is 2.32. The molecule has 1 fully saturated rings. The average Bonchev–Trinajstić information content (AvgIpc) is 2.92. The number of rotatable bonds is 1. The molecule has 1 aliphatic heterocycles. The molecular weight excluding hydrogens is 355 g/mol. The second-order valence-electron chi connectivity index (χ2n) is 9.88. The van der Waals surface area contributed by atoms with E-state index in [1.807, 2.05) is 0 Å². The van der Waals surface area contributed by atoms with Gasteiger partial charge in [-0.1, -0.05) is 54.7 Å². The van der Waals surface area contributed by atoms with E-state index in [9.17, 15) is 0 Å². The predicted molar refractivity (Wildman–Crippen MR) is 119 cm³/mol. The fourth-order valence-corrected chi connectivity index (χ4v) is 5.62. The van der Waals surface area contributed by atoms with E-state index >= 15 is 0 Å². The number of hydrogen-bond donors (Lipinski definition) is 0. The summed E-state index contributed by atoms with van der Waals surface area (Å²) in [6.07, 6.45) is 16.2. The highest BCUT2D eigenvalue weighted by Crippen LogP contribution is 2.51. The van der Waals surface area contributed by atoms with E-state index < -0.39 is 0 Å². The Balaban J connectivity index is 1.53. The molecule has 2 nitrogen and oxygen atoms in total. The van der Waals surface area contributed by atoms with Crippen molar-refractivity contribution >= 4 is 24.3 Å². The summed E-state index contributed by atoms with van der Waals surface area (Å²) >= 11 is 0. The third-order valence-electron chi connectivity index (χ3n) is 7.81. The lowest BCUT2D eigenvalue weighted by molar-refractivity contribution is 0.00578. The molecule has 3 heteroatoms. The highest BCUT2D eigenvalue weighted by molar-refractivity contribution is 6.55. The first-order chi connectivity index (χ1) is 13.9. The topological polar surface area (TPSA) is 18.5 Å². The molecule has 0 bridgehead atoms. The highest BCUT2D eigenvalue weighted by Gasteiger charge is 2.54. The van der Waals surface area contributed by atoms with E-state index in [1.54, 1.807) is 5.57 Å². The van der Waals surface area contributed by atoms with Gasteiger partial charge in [0.15, 0.2) is 0 Å². The predicted octanol–water partition coefficient (Wildman–Crippen LogP) is 4.11. The summed E-state index contributed by atoms with van der Waals surface area (Å²) < 4.78 is 12.9. The van der Waals surface area contributed by atoms with Gasteiger partial charge in [-0.15, -0.1) is 0 Å². The summed E-state index contributed by atoms with van der Waals surface area (Å²) in [7, 11) is -0.288. The van der Waals surface area contributed by atoms with Gasteiger partial charge >= 0.3 is 7.12 Å². The highest BCUT2D eigenvalue weighted by atomic mass is 16.7. The van der Waals surface area contributed by atoms with Crippen LogP contribution in [0.2, 0.25) is 0 Å². The van der Waals surface area contributed by atoms with Crippen molar-refractivity contribution in [1.29, 1.82) is 0 Å². The quantitative estimate of drug-likeness (QED) is 0.681. The van der Waals surface area contributed by atoms with Crippen LogP contribution in [0.4, 0.5) is 0 Å². The van der Waals surface area contributed by atoms with Crippen molar-refractivity contribution in [3.63, 3.8) is 0 Å². The first-order valence-corrected chi connectivity index (χ1v) is 10.9. The second kappa shape index (κ2) is 5.74. The van der Waals surface area contributed by atoms with Crippen molar-refractivity contribution in [3.8, 4) is 0 Å². The van der Waals surface area contributed by atoms with Crippen LogP contribution in [0.25, 0.3) is 17.2 Å². The molecule has 0 spiro atoms. The van der Waals surface area contributed by atoms with Crippen LogP contribution in [0.3, 0.4) is 0 Å². The van der Waals surface area contributed by atoms with E-state index in [2.05, 4.69) is 82.4 Å². The minimum Gasteiger partial charge on any atom is -0.400 e. The monoisotopic (exact) mass is 382 g/mol. The Hall–Kier alpha value is -2.10. The van der Waals surface area contributed by atoms with E-state index in [1.165, 1.54) is 32.6 Å². The number of benzene rings is 1. The molecule has 1 aromatic rings. The molecule has 1 aromatic carbocycles. The number of hydrogen-bond acceptors (Lipinski definition) is 2. The lowest BCUT2D eigenvalue weighted by atomic mass is 9.57. The molecule has 5 aliphatic rings. The molecule has 4 aliphatic carbocycles. The van der Waals surface area contributed by atoms with Crippen molar-refractivity contribution in [2.24, 2.45) is 11.8 Å². The largest absolute Gasteiger partial charge is 0.491 e. The summed E-state index contributed by atoms with van der Waals surface area (Å²) in [4.78, 5) is 0. The summed E-state index contributed by atoms with van der Waals surface area (Å²) in [5.74, 6) is 0.662. The molecule has 29 heavy (non-hydrogen) atoms. The Morgan fingerprint density at radius 3 is 2.55 bits per heavy atom. The van der Waals surface area contributed by atoms with Crippen LogP contribution in [0.15, 0.2) is 59.6 Å². The van der Waals surface area contributed by atoms with Crippen molar-refractivity contribution in [1.82, 2.24) is 0 Å². The molecule has 1 heterocycles. The maximum Gasteiger partial charge on any atom is 0.491 e. The van der Waals surface area contributed by atoms with Crippen LogP contribution in [-0.2, 0) is 9.31 Å². The minimum atomic E-state index is -0.318. The van der Waals surface area contributed by atoms with Gasteiger partial charge in [-0.3, -0.25) is 0 Å². The first-order valence-electron chi connectivity index (χ1n) is 10.9. The molecule has 2 unspecified atom stereocenters. The van der Waals surface area contributed by atoms with Gasteiger partial charge < -0.3 is 9.31 Å². The molecule has 1 saturated heterocycles.